The first-order valence-corrected chi connectivity index (χ1v) is 17.1. The second-order valence-electron chi connectivity index (χ2n) is 12.5. The lowest BCUT2D eigenvalue weighted by atomic mass is 9.95. The Kier molecular flexibility index (Phi) is 5.51. The summed E-state index contributed by atoms with van der Waals surface area (Å²) in [4.78, 5) is 10.7. The Labute approximate surface area is 283 Å². The second-order valence-corrected chi connectivity index (χ2v) is 13.5. The molecule has 4 aromatic heterocycles. The Hall–Kier alpha value is -6.30. The minimum Gasteiger partial charge on any atom is -0.455 e. The molecule has 228 valence electrons. The monoisotopic (exact) mass is 644 g/mol. The highest BCUT2D eigenvalue weighted by molar-refractivity contribution is 7.26. The fourth-order valence-electron chi connectivity index (χ4n) is 7.43. The van der Waals surface area contributed by atoms with Gasteiger partial charge < -0.3 is 8.83 Å². The molecule has 5 heteroatoms. The van der Waals surface area contributed by atoms with E-state index in [0.717, 1.165) is 87.4 Å². The predicted octanol–water partition coefficient (Wildman–Crippen LogP) is 12.8. The standard InChI is InChI=1S/C44H24N2O2S/c1-2-11-26-24-27(21-20-25(26)10-1)28-22-23-33(38-31-13-4-7-18-36(31)48-42(28)38)40-43-39(32-14-5-8-19-37(32)49-43)45-44(46-40)34-16-9-15-30-29-12-3-6-17-35(29)47-41(30)34/h1-24H. The summed E-state index contributed by atoms with van der Waals surface area (Å²) in [5.41, 5.74) is 9.21. The van der Waals surface area contributed by atoms with Gasteiger partial charge in [-0.2, -0.15) is 0 Å². The molecule has 0 saturated carbocycles. The molecule has 0 bridgehead atoms. The van der Waals surface area contributed by atoms with Crippen molar-refractivity contribution in [3.63, 3.8) is 0 Å². The van der Waals surface area contributed by atoms with Crippen LogP contribution in [0.3, 0.4) is 0 Å². The van der Waals surface area contributed by atoms with Gasteiger partial charge in [0.25, 0.3) is 0 Å². The van der Waals surface area contributed by atoms with Crippen LogP contribution in [0, 0.1) is 0 Å². The van der Waals surface area contributed by atoms with Crippen LogP contribution in [0.1, 0.15) is 0 Å². The zero-order valence-corrected chi connectivity index (χ0v) is 26.8. The molecule has 4 heterocycles. The maximum absolute atomic E-state index is 6.73. The van der Waals surface area contributed by atoms with Crippen LogP contribution in [0.4, 0.5) is 0 Å². The minimum atomic E-state index is 0.635. The highest BCUT2D eigenvalue weighted by atomic mass is 32.1. The second kappa shape index (κ2) is 10.1. The van der Waals surface area contributed by atoms with Gasteiger partial charge in [-0.15, -0.1) is 11.3 Å². The largest absolute Gasteiger partial charge is 0.455 e. The van der Waals surface area contributed by atoms with Gasteiger partial charge in [-0.05, 0) is 52.7 Å². The molecule has 0 aliphatic rings. The molecule has 0 radical (unpaired) electrons. The normalized spacial score (nSPS) is 12.1. The average Bonchev–Trinajstić information content (AvgIpc) is 3.86. The molecule has 0 N–H and O–H groups in total. The van der Waals surface area contributed by atoms with Crippen molar-refractivity contribution < 1.29 is 8.83 Å². The van der Waals surface area contributed by atoms with Gasteiger partial charge in [0.1, 0.15) is 22.3 Å². The number of para-hydroxylation sites is 3. The molecule has 0 fully saturated rings. The van der Waals surface area contributed by atoms with Gasteiger partial charge in [0.05, 0.1) is 21.5 Å². The first-order chi connectivity index (χ1) is 24.3. The van der Waals surface area contributed by atoms with Gasteiger partial charge in [0.15, 0.2) is 5.82 Å². The Morgan fingerprint density at radius 2 is 1.16 bits per heavy atom. The van der Waals surface area contributed by atoms with E-state index < -0.39 is 0 Å². The van der Waals surface area contributed by atoms with Crippen LogP contribution in [-0.4, -0.2) is 9.97 Å². The van der Waals surface area contributed by atoms with E-state index in [1.807, 2.05) is 30.3 Å². The molecule has 4 nitrogen and oxygen atoms in total. The Morgan fingerprint density at radius 3 is 2.06 bits per heavy atom. The fourth-order valence-corrected chi connectivity index (χ4v) is 8.57. The lowest BCUT2D eigenvalue weighted by Gasteiger charge is -2.11. The molecule has 0 spiro atoms. The van der Waals surface area contributed by atoms with E-state index in [1.165, 1.54) is 15.5 Å². The van der Waals surface area contributed by atoms with Crippen LogP contribution in [0.2, 0.25) is 0 Å². The van der Waals surface area contributed by atoms with Crippen molar-refractivity contribution in [3.8, 4) is 33.8 Å². The highest BCUT2D eigenvalue weighted by Crippen LogP contribution is 2.46. The van der Waals surface area contributed by atoms with E-state index in [2.05, 4.69) is 115 Å². The van der Waals surface area contributed by atoms with Gasteiger partial charge in [-0.1, -0.05) is 109 Å². The number of benzene rings is 7. The number of aromatic nitrogens is 2. The van der Waals surface area contributed by atoms with Crippen LogP contribution in [0.15, 0.2) is 154 Å². The number of hydrogen-bond acceptors (Lipinski definition) is 5. The van der Waals surface area contributed by atoms with Crippen LogP contribution in [-0.2, 0) is 0 Å². The maximum Gasteiger partial charge on any atom is 0.164 e. The Bertz CT molecular complexity index is 3130. The molecule has 0 amide bonds. The van der Waals surface area contributed by atoms with Gasteiger partial charge in [-0.3, -0.25) is 0 Å². The van der Waals surface area contributed by atoms with Crippen molar-refractivity contribution in [1.29, 1.82) is 0 Å². The fraction of sp³-hybridized carbons (Fsp3) is 0. The molecule has 0 saturated heterocycles. The quantitative estimate of drug-likeness (QED) is 0.192. The van der Waals surface area contributed by atoms with E-state index in [1.54, 1.807) is 11.3 Å². The molecule has 0 aliphatic heterocycles. The van der Waals surface area contributed by atoms with Gasteiger partial charge >= 0.3 is 0 Å². The van der Waals surface area contributed by atoms with Crippen molar-refractivity contribution >= 4 is 86.3 Å². The van der Waals surface area contributed by atoms with Crippen molar-refractivity contribution in [2.45, 2.75) is 0 Å². The van der Waals surface area contributed by atoms with E-state index >= 15 is 0 Å². The molecule has 49 heavy (non-hydrogen) atoms. The average molecular weight is 645 g/mol. The van der Waals surface area contributed by atoms with E-state index in [4.69, 9.17) is 18.8 Å². The third-order valence-electron chi connectivity index (χ3n) is 9.71. The van der Waals surface area contributed by atoms with Crippen LogP contribution in [0.5, 0.6) is 0 Å². The number of furan rings is 2. The molecule has 0 aliphatic carbocycles. The van der Waals surface area contributed by atoms with E-state index in [0.29, 0.717) is 5.82 Å². The third kappa shape index (κ3) is 3.91. The number of thiophene rings is 1. The predicted molar refractivity (Wildman–Crippen MR) is 203 cm³/mol. The van der Waals surface area contributed by atoms with Crippen LogP contribution >= 0.6 is 11.3 Å². The van der Waals surface area contributed by atoms with Crippen LogP contribution in [0.25, 0.3) is 109 Å². The number of nitrogens with zero attached hydrogens (tertiary/aromatic N) is 2. The Balaban J connectivity index is 1.24. The van der Waals surface area contributed by atoms with Crippen LogP contribution < -0.4 is 0 Å². The summed E-state index contributed by atoms with van der Waals surface area (Å²) in [6.07, 6.45) is 0. The maximum atomic E-state index is 6.73. The summed E-state index contributed by atoms with van der Waals surface area (Å²) in [5.74, 6) is 0.635. The van der Waals surface area contributed by atoms with Gasteiger partial charge in [0.2, 0.25) is 0 Å². The zero-order chi connectivity index (χ0) is 32.1. The van der Waals surface area contributed by atoms with Gasteiger partial charge in [0, 0.05) is 42.8 Å². The summed E-state index contributed by atoms with van der Waals surface area (Å²) in [6, 6.07) is 50.7. The molecule has 0 unspecified atom stereocenters. The lowest BCUT2D eigenvalue weighted by molar-refractivity contribution is 0.669. The lowest BCUT2D eigenvalue weighted by Crippen LogP contribution is -1.95. The number of fused-ring (bicyclic) bond motifs is 10. The summed E-state index contributed by atoms with van der Waals surface area (Å²) in [6.45, 7) is 0. The van der Waals surface area contributed by atoms with Crippen molar-refractivity contribution in [2.24, 2.45) is 0 Å². The molecule has 7 aromatic carbocycles. The number of hydrogen-bond donors (Lipinski definition) is 0. The molecular formula is C44H24N2O2S. The Morgan fingerprint density at radius 1 is 0.469 bits per heavy atom. The molecule has 0 atom stereocenters. The third-order valence-corrected chi connectivity index (χ3v) is 10.9. The number of rotatable bonds is 3. The zero-order valence-electron chi connectivity index (χ0n) is 26.0. The summed E-state index contributed by atoms with van der Waals surface area (Å²) in [5, 5.41) is 7.76. The summed E-state index contributed by atoms with van der Waals surface area (Å²) in [7, 11) is 0. The van der Waals surface area contributed by atoms with E-state index in [9.17, 15) is 0 Å². The van der Waals surface area contributed by atoms with Crippen molar-refractivity contribution in [1.82, 2.24) is 9.97 Å². The summed E-state index contributed by atoms with van der Waals surface area (Å²) >= 11 is 1.73. The first kappa shape index (κ1) is 26.7. The van der Waals surface area contributed by atoms with Crippen molar-refractivity contribution in [3.05, 3.63) is 146 Å². The molecular weight excluding hydrogens is 621 g/mol. The smallest absolute Gasteiger partial charge is 0.164 e. The topological polar surface area (TPSA) is 52.1 Å². The summed E-state index contributed by atoms with van der Waals surface area (Å²) < 4.78 is 15.4. The molecule has 11 rings (SSSR count). The van der Waals surface area contributed by atoms with Gasteiger partial charge in [-0.25, -0.2) is 9.97 Å². The van der Waals surface area contributed by atoms with E-state index in [-0.39, 0.29) is 0 Å². The first-order valence-electron chi connectivity index (χ1n) is 16.3. The molecule has 11 aromatic rings. The highest BCUT2D eigenvalue weighted by Gasteiger charge is 2.24. The van der Waals surface area contributed by atoms with Crippen molar-refractivity contribution in [2.75, 3.05) is 0 Å². The minimum absolute atomic E-state index is 0.635. The SMILES string of the molecule is c1ccc2cc(-c3ccc(-c4nc(-c5cccc6c5oc5ccccc56)nc5c4sc4ccccc45)c4c3oc3ccccc34)ccc2c1.